The fraction of sp³-hybridized carbons (Fsp3) is 0.429. The second-order valence-corrected chi connectivity index (χ2v) is 12.2. The van der Waals surface area contributed by atoms with Crippen molar-refractivity contribution >= 4 is 23.4 Å². The highest BCUT2D eigenvalue weighted by atomic mass is 19.4. The van der Waals surface area contributed by atoms with Crippen molar-refractivity contribution in [2.24, 2.45) is 5.73 Å². The predicted octanol–water partition coefficient (Wildman–Crippen LogP) is 4.60. The Morgan fingerprint density at radius 1 is 1.02 bits per heavy atom. The van der Waals surface area contributed by atoms with Crippen LogP contribution in [0.5, 0.6) is 0 Å². The molecule has 3 N–H and O–H groups in total. The summed E-state index contributed by atoms with van der Waals surface area (Å²) < 4.78 is 45.1. The Morgan fingerprint density at radius 2 is 1.69 bits per heavy atom. The predicted molar refractivity (Wildman–Crippen MR) is 178 cm³/mol. The molecule has 14 heteroatoms. The molecule has 3 aromatic rings. The van der Waals surface area contributed by atoms with Gasteiger partial charge in [0.15, 0.2) is 0 Å². The van der Waals surface area contributed by atoms with E-state index in [1.165, 1.54) is 23.4 Å². The Bertz CT molecular complexity index is 1640. The first-order valence-electron chi connectivity index (χ1n) is 16.1. The van der Waals surface area contributed by atoms with Gasteiger partial charge in [0, 0.05) is 64.0 Å². The highest BCUT2D eigenvalue weighted by Gasteiger charge is 2.38. The van der Waals surface area contributed by atoms with E-state index < -0.39 is 12.1 Å². The number of amides is 1. The Balaban J connectivity index is 0.000000698. The minimum absolute atomic E-state index is 0.0189. The van der Waals surface area contributed by atoms with Crippen molar-refractivity contribution in [3.63, 3.8) is 0 Å². The molecule has 10 nitrogen and oxygen atoms in total. The largest absolute Gasteiger partial charge is 0.490 e. The number of anilines is 2. The highest BCUT2D eigenvalue weighted by Crippen LogP contribution is 2.26. The Kier molecular flexibility index (Phi) is 12.5. The number of carbonyl (C=O) groups excluding carboxylic acids is 1. The van der Waals surface area contributed by atoms with Crippen LogP contribution in [-0.2, 0) is 17.8 Å². The number of para-hydroxylation sites is 1. The van der Waals surface area contributed by atoms with Crippen molar-refractivity contribution in [3.8, 4) is 6.07 Å². The number of nitrogens with zero attached hydrogens (tertiary/aromatic N) is 6. The Labute approximate surface area is 283 Å². The van der Waals surface area contributed by atoms with Gasteiger partial charge in [-0.25, -0.2) is 14.2 Å². The molecule has 3 heterocycles. The van der Waals surface area contributed by atoms with Gasteiger partial charge in [0.1, 0.15) is 17.7 Å². The molecule has 2 aromatic carbocycles. The van der Waals surface area contributed by atoms with Crippen molar-refractivity contribution in [2.75, 3.05) is 62.2 Å². The SMILES string of the molecule is Cc1cc(CCCN)c(C(=O)N2CCN(c3ccc(F)cn3)C[C@H]2C)cc1CN1CCN(c2ccccc2C#N)CC1.O=C(O)C(F)(F)F. The van der Waals surface area contributed by atoms with E-state index in [4.69, 9.17) is 15.6 Å². The van der Waals surface area contributed by atoms with Crippen LogP contribution in [-0.4, -0.2) is 96.3 Å². The number of hydrogen-bond donors (Lipinski definition) is 2. The molecule has 2 aliphatic rings. The van der Waals surface area contributed by atoms with Gasteiger partial charge in [-0.15, -0.1) is 0 Å². The highest BCUT2D eigenvalue weighted by molar-refractivity contribution is 5.96. The summed E-state index contributed by atoms with van der Waals surface area (Å²) in [6.45, 7) is 10.9. The molecule has 262 valence electrons. The Hall–Kier alpha value is -4.74. The number of aromatic nitrogens is 1. The number of halogens is 4. The summed E-state index contributed by atoms with van der Waals surface area (Å²) >= 11 is 0. The second kappa shape index (κ2) is 16.6. The number of aryl methyl sites for hydroxylation is 2. The van der Waals surface area contributed by atoms with E-state index in [0.29, 0.717) is 31.7 Å². The van der Waals surface area contributed by atoms with E-state index >= 15 is 0 Å². The molecule has 1 atom stereocenters. The quantitative estimate of drug-likeness (QED) is 0.328. The van der Waals surface area contributed by atoms with Crippen molar-refractivity contribution in [1.82, 2.24) is 14.8 Å². The van der Waals surface area contributed by atoms with Crippen molar-refractivity contribution in [1.29, 1.82) is 5.26 Å². The number of carboxylic acids is 1. The molecule has 0 bridgehead atoms. The van der Waals surface area contributed by atoms with Crippen LogP contribution in [0, 0.1) is 24.1 Å². The fourth-order valence-electron chi connectivity index (χ4n) is 6.09. The van der Waals surface area contributed by atoms with Crippen LogP contribution in [0.3, 0.4) is 0 Å². The van der Waals surface area contributed by atoms with E-state index in [-0.39, 0.29) is 17.8 Å². The Morgan fingerprint density at radius 3 is 2.29 bits per heavy atom. The van der Waals surface area contributed by atoms with E-state index in [9.17, 15) is 27.6 Å². The number of pyridine rings is 1. The number of nitrogens with two attached hydrogens (primary N) is 1. The summed E-state index contributed by atoms with van der Waals surface area (Å²) in [5.74, 6) is -2.33. The van der Waals surface area contributed by atoms with Crippen molar-refractivity contribution < 1.29 is 32.3 Å². The molecular weight excluding hydrogens is 642 g/mol. The van der Waals surface area contributed by atoms with Crippen LogP contribution in [0.2, 0.25) is 0 Å². The molecule has 0 saturated carbocycles. The van der Waals surface area contributed by atoms with Gasteiger partial charge in [0.05, 0.1) is 17.4 Å². The average molecular weight is 684 g/mol. The number of alkyl halides is 3. The molecule has 0 aliphatic carbocycles. The minimum atomic E-state index is -5.08. The van der Waals surface area contributed by atoms with Crippen LogP contribution in [0.4, 0.5) is 29.1 Å². The molecule has 0 spiro atoms. The van der Waals surface area contributed by atoms with Gasteiger partial charge in [-0.2, -0.15) is 18.4 Å². The first-order valence-corrected chi connectivity index (χ1v) is 16.1. The third-order valence-electron chi connectivity index (χ3n) is 8.74. The number of piperazine rings is 2. The summed E-state index contributed by atoms with van der Waals surface area (Å²) in [6, 6.07) is 17.5. The van der Waals surface area contributed by atoms with Gasteiger partial charge in [-0.1, -0.05) is 18.2 Å². The van der Waals surface area contributed by atoms with Gasteiger partial charge in [0.25, 0.3) is 5.91 Å². The van der Waals surface area contributed by atoms with Crippen molar-refractivity contribution in [2.45, 2.75) is 45.5 Å². The van der Waals surface area contributed by atoms with E-state index in [2.05, 4.69) is 51.7 Å². The number of nitriles is 1. The lowest BCUT2D eigenvalue weighted by molar-refractivity contribution is -0.192. The molecule has 1 amide bonds. The number of hydrogen-bond acceptors (Lipinski definition) is 8. The van der Waals surface area contributed by atoms with Gasteiger partial charge in [-0.3, -0.25) is 9.69 Å². The normalized spacial score (nSPS) is 16.9. The van der Waals surface area contributed by atoms with E-state index in [0.717, 1.165) is 68.2 Å². The molecule has 0 unspecified atom stereocenters. The van der Waals surface area contributed by atoms with Crippen LogP contribution in [0.1, 0.15) is 46.0 Å². The second-order valence-electron chi connectivity index (χ2n) is 12.2. The number of carboxylic acid groups (broad SMARTS) is 1. The maximum Gasteiger partial charge on any atom is 0.490 e. The fourth-order valence-corrected chi connectivity index (χ4v) is 6.09. The number of benzene rings is 2. The number of aliphatic carboxylic acids is 1. The molecule has 2 saturated heterocycles. The number of rotatable bonds is 8. The van der Waals surface area contributed by atoms with Crippen LogP contribution in [0.25, 0.3) is 0 Å². The van der Waals surface area contributed by atoms with Gasteiger partial charge in [-0.05, 0) is 80.3 Å². The standard InChI is InChI=1S/C33H40FN7O.C2HF3O2/c1-24-18-26(7-5-11-35)30(33(42)41-17-16-40(22-25(41)2)32-10-9-29(34)21-37-32)19-28(24)23-38-12-14-39(15-13-38)31-8-4-3-6-27(31)20-36;3-2(4,5)1(6)7/h3-4,6,8-10,18-19,21,25H,5,7,11-17,22-23,35H2,1-2H3;(H,6,7)/t25-;/m1./s1. The van der Waals surface area contributed by atoms with Crippen LogP contribution in [0.15, 0.2) is 54.7 Å². The third kappa shape index (κ3) is 9.67. The lowest BCUT2D eigenvalue weighted by Crippen LogP contribution is -2.54. The smallest absolute Gasteiger partial charge is 0.475 e. The molecule has 2 fully saturated rings. The lowest BCUT2D eigenvalue weighted by Gasteiger charge is -2.41. The molecule has 1 aromatic heterocycles. The van der Waals surface area contributed by atoms with Gasteiger partial charge >= 0.3 is 12.1 Å². The first kappa shape index (κ1) is 37.1. The topological polar surface area (TPSA) is 130 Å². The van der Waals surface area contributed by atoms with Gasteiger partial charge in [0.2, 0.25) is 0 Å². The third-order valence-corrected chi connectivity index (χ3v) is 8.74. The molecule has 5 rings (SSSR count). The molecule has 49 heavy (non-hydrogen) atoms. The lowest BCUT2D eigenvalue weighted by atomic mass is 9.94. The van der Waals surface area contributed by atoms with E-state index in [1.54, 1.807) is 6.07 Å². The zero-order valence-electron chi connectivity index (χ0n) is 27.6. The maximum absolute atomic E-state index is 14.1. The van der Waals surface area contributed by atoms with Crippen LogP contribution >= 0.6 is 0 Å². The van der Waals surface area contributed by atoms with E-state index in [1.807, 2.05) is 29.2 Å². The zero-order chi connectivity index (χ0) is 35.7. The van der Waals surface area contributed by atoms with Crippen molar-refractivity contribution in [3.05, 3.63) is 88.4 Å². The summed E-state index contributed by atoms with van der Waals surface area (Å²) in [5, 5.41) is 16.6. The monoisotopic (exact) mass is 683 g/mol. The first-order chi connectivity index (χ1) is 23.3. The van der Waals surface area contributed by atoms with Crippen LogP contribution < -0.4 is 15.5 Å². The summed E-state index contributed by atoms with van der Waals surface area (Å²) in [4.78, 5) is 36.0. The summed E-state index contributed by atoms with van der Waals surface area (Å²) in [7, 11) is 0. The summed E-state index contributed by atoms with van der Waals surface area (Å²) in [5.41, 5.74) is 11.7. The molecule has 0 radical (unpaired) electrons. The number of carbonyl (C=O) groups is 2. The summed E-state index contributed by atoms with van der Waals surface area (Å²) in [6.07, 6.45) is -2.26. The molecule has 2 aliphatic heterocycles. The maximum atomic E-state index is 14.1. The minimum Gasteiger partial charge on any atom is -0.475 e. The zero-order valence-corrected chi connectivity index (χ0v) is 27.6. The average Bonchev–Trinajstić information content (AvgIpc) is 3.08. The van der Waals surface area contributed by atoms with Gasteiger partial charge < -0.3 is 25.5 Å². The molecular formula is C35H41F4N7O3.